The molecule has 0 radical (unpaired) electrons. The quantitative estimate of drug-likeness (QED) is 0.556. The van der Waals surface area contributed by atoms with E-state index in [1.54, 1.807) is 6.20 Å². The number of aromatic nitrogens is 3. The number of thiol groups is 1. The molecule has 1 unspecified atom stereocenters. The van der Waals surface area contributed by atoms with Gasteiger partial charge in [0.1, 0.15) is 16.9 Å². The fourth-order valence-electron chi connectivity index (χ4n) is 2.36. The zero-order valence-electron chi connectivity index (χ0n) is 12.8. The Morgan fingerprint density at radius 1 is 1.43 bits per heavy atom. The van der Waals surface area contributed by atoms with E-state index in [4.69, 9.17) is 4.74 Å². The van der Waals surface area contributed by atoms with Crippen molar-refractivity contribution in [1.82, 2.24) is 20.3 Å². The number of hydrogen-bond donors (Lipinski definition) is 3. The molecule has 0 aromatic carbocycles. The van der Waals surface area contributed by atoms with Crippen LogP contribution in [0, 0.1) is 0 Å². The van der Waals surface area contributed by atoms with Gasteiger partial charge in [-0.25, -0.2) is 4.98 Å². The zero-order valence-corrected chi connectivity index (χ0v) is 13.7. The molecule has 7 nitrogen and oxygen atoms in total. The molecule has 1 atom stereocenters. The first-order valence-corrected chi connectivity index (χ1v) is 8.07. The van der Waals surface area contributed by atoms with Gasteiger partial charge in [0.25, 0.3) is 5.91 Å². The van der Waals surface area contributed by atoms with Crippen LogP contribution in [0.15, 0.2) is 24.7 Å². The Morgan fingerprint density at radius 3 is 3.13 bits per heavy atom. The topological polar surface area (TPSA) is 83.1 Å². The molecule has 1 amide bonds. The highest BCUT2D eigenvalue weighted by atomic mass is 32.1. The summed E-state index contributed by atoms with van der Waals surface area (Å²) in [5, 5.41) is 2.77. The van der Waals surface area contributed by atoms with Crippen LogP contribution >= 0.6 is 12.6 Å². The Morgan fingerprint density at radius 2 is 2.30 bits per heavy atom. The molecule has 3 rings (SSSR count). The van der Waals surface area contributed by atoms with Gasteiger partial charge in [0.2, 0.25) is 0 Å². The van der Waals surface area contributed by atoms with Crippen LogP contribution in [0.3, 0.4) is 0 Å². The van der Waals surface area contributed by atoms with Crippen LogP contribution in [-0.4, -0.2) is 33.0 Å². The van der Waals surface area contributed by atoms with Crippen molar-refractivity contribution in [1.29, 1.82) is 0 Å². The van der Waals surface area contributed by atoms with Gasteiger partial charge >= 0.3 is 0 Å². The second-order valence-corrected chi connectivity index (χ2v) is 5.75. The van der Waals surface area contributed by atoms with Gasteiger partial charge in [0.15, 0.2) is 5.82 Å². The normalized spacial score (nSPS) is 16.9. The Kier molecular flexibility index (Phi) is 4.71. The molecule has 1 aliphatic rings. The van der Waals surface area contributed by atoms with Gasteiger partial charge in [-0.15, -0.1) is 12.6 Å². The molecular formula is C15H19N5O2S. The van der Waals surface area contributed by atoms with Gasteiger partial charge in [-0.3, -0.25) is 9.78 Å². The average Bonchev–Trinajstić information content (AvgIpc) is 3.02. The predicted molar refractivity (Wildman–Crippen MR) is 89.7 cm³/mol. The molecule has 2 aromatic rings. The highest BCUT2D eigenvalue weighted by molar-refractivity contribution is 7.81. The van der Waals surface area contributed by atoms with Crippen LogP contribution in [0.25, 0.3) is 0 Å². The molecule has 2 aromatic heterocycles. The number of unbranched alkanes of at least 4 members (excludes halogenated alkanes) is 1. The summed E-state index contributed by atoms with van der Waals surface area (Å²) in [5.41, 5.74) is 0.804. The molecule has 8 heteroatoms. The van der Waals surface area contributed by atoms with E-state index >= 15 is 0 Å². The molecule has 0 spiro atoms. The number of aromatic amines is 1. The van der Waals surface area contributed by atoms with Gasteiger partial charge in [-0.1, -0.05) is 13.3 Å². The van der Waals surface area contributed by atoms with Gasteiger partial charge in [0, 0.05) is 12.3 Å². The minimum atomic E-state index is -0.454. The molecule has 0 saturated heterocycles. The minimum absolute atomic E-state index is 0.210. The fourth-order valence-corrected chi connectivity index (χ4v) is 2.67. The molecule has 23 heavy (non-hydrogen) atoms. The predicted octanol–water partition coefficient (Wildman–Crippen LogP) is 1.95. The van der Waals surface area contributed by atoms with Gasteiger partial charge in [-0.2, -0.15) is 0 Å². The molecule has 0 saturated carbocycles. The molecule has 3 heterocycles. The van der Waals surface area contributed by atoms with Crippen LogP contribution in [0.1, 0.15) is 35.9 Å². The Hall–Kier alpha value is -2.22. The number of nitrogens with one attached hydrogen (secondary N) is 2. The van der Waals surface area contributed by atoms with Crippen molar-refractivity contribution < 1.29 is 9.53 Å². The van der Waals surface area contributed by atoms with Crippen molar-refractivity contribution in [2.24, 2.45) is 0 Å². The van der Waals surface area contributed by atoms with Crippen molar-refractivity contribution in [3.63, 3.8) is 0 Å². The van der Waals surface area contributed by atoms with Crippen LogP contribution in [0.4, 0.5) is 5.82 Å². The van der Waals surface area contributed by atoms with Crippen LogP contribution in [-0.2, 0) is 6.54 Å². The third-order valence-corrected chi connectivity index (χ3v) is 3.97. The molecule has 122 valence electrons. The van der Waals surface area contributed by atoms with E-state index in [0.29, 0.717) is 24.7 Å². The molecule has 0 fully saturated rings. The number of H-pyrrole nitrogens is 1. The lowest BCUT2D eigenvalue weighted by molar-refractivity contribution is 0.0937. The number of anilines is 1. The smallest absolute Gasteiger partial charge is 0.273 e. The number of carbonyl (C=O) groups excluding carboxylic acids is 1. The second-order valence-electron chi connectivity index (χ2n) is 5.26. The van der Waals surface area contributed by atoms with Crippen molar-refractivity contribution >= 4 is 24.4 Å². The van der Waals surface area contributed by atoms with Crippen LogP contribution < -0.4 is 15.0 Å². The monoisotopic (exact) mass is 333 g/mol. The van der Waals surface area contributed by atoms with Gasteiger partial charge in [0.05, 0.1) is 25.2 Å². The SMILES string of the molecule is CCCCOc1ccnc(CN2c3nc[nH]c3C(=O)NC2S)c1. The summed E-state index contributed by atoms with van der Waals surface area (Å²) in [7, 11) is 0. The van der Waals surface area contributed by atoms with E-state index in [0.717, 1.165) is 24.3 Å². The summed E-state index contributed by atoms with van der Waals surface area (Å²) in [6.07, 6.45) is 5.33. The van der Waals surface area contributed by atoms with Gasteiger partial charge < -0.3 is 19.9 Å². The molecule has 0 aliphatic carbocycles. The zero-order chi connectivity index (χ0) is 16.2. The van der Waals surface area contributed by atoms with E-state index in [1.165, 1.54) is 6.33 Å². The van der Waals surface area contributed by atoms with E-state index in [1.807, 2.05) is 17.0 Å². The Labute approximate surface area is 139 Å². The van der Waals surface area contributed by atoms with E-state index in [2.05, 4.69) is 39.8 Å². The lowest BCUT2D eigenvalue weighted by atomic mass is 10.2. The molecule has 1 aliphatic heterocycles. The molecular weight excluding hydrogens is 314 g/mol. The number of imidazole rings is 1. The number of carbonyl (C=O) groups is 1. The maximum atomic E-state index is 11.9. The summed E-state index contributed by atoms with van der Waals surface area (Å²) in [4.78, 5) is 25.2. The summed E-state index contributed by atoms with van der Waals surface area (Å²) < 4.78 is 5.71. The maximum Gasteiger partial charge on any atom is 0.273 e. The van der Waals surface area contributed by atoms with E-state index in [-0.39, 0.29) is 5.91 Å². The molecule has 0 bridgehead atoms. The second kappa shape index (κ2) is 6.91. The van der Waals surface area contributed by atoms with Crippen LogP contribution in [0.5, 0.6) is 5.75 Å². The molecule has 2 N–H and O–H groups in total. The first-order valence-electron chi connectivity index (χ1n) is 7.55. The largest absolute Gasteiger partial charge is 0.493 e. The van der Waals surface area contributed by atoms with E-state index < -0.39 is 5.50 Å². The average molecular weight is 333 g/mol. The van der Waals surface area contributed by atoms with Crippen molar-refractivity contribution in [3.05, 3.63) is 36.0 Å². The van der Waals surface area contributed by atoms with Crippen molar-refractivity contribution in [2.45, 2.75) is 31.8 Å². The summed E-state index contributed by atoms with van der Waals surface area (Å²) in [6, 6.07) is 3.74. The minimum Gasteiger partial charge on any atom is -0.493 e. The first-order chi connectivity index (χ1) is 11.2. The summed E-state index contributed by atoms with van der Waals surface area (Å²) in [5.74, 6) is 1.16. The van der Waals surface area contributed by atoms with Crippen molar-refractivity contribution in [3.8, 4) is 5.75 Å². The van der Waals surface area contributed by atoms with E-state index in [9.17, 15) is 4.79 Å². The lowest BCUT2D eigenvalue weighted by Gasteiger charge is -2.33. The maximum absolute atomic E-state index is 11.9. The number of amides is 1. The summed E-state index contributed by atoms with van der Waals surface area (Å²) >= 11 is 4.42. The highest BCUT2D eigenvalue weighted by Crippen LogP contribution is 2.26. The number of hydrogen-bond acceptors (Lipinski definition) is 6. The first kappa shape index (κ1) is 15.7. The Balaban J connectivity index is 1.75. The third kappa shape index (κ3) is 3.42. The number of pyridine rings is 1. The van der Waals surface area contributed by atoms with Crippen LogP contribution in [0.2, 0.25) is 0 Å². The highest BCUT2D eigenvalue weighted by Gasteiger charge is 2.31. The standard InChI is InChI=1S/C15H19N5O2S/c1-2-3-6-22-11-4-5-16-10(7-11)8-20-13-12(17-9-18-13)14(21)19-15(20)23/h4-5,7,9,15,23H,2-3,6,8H2,1H3,(H,17,18)(H,19,21). The number of rotatable bonds is 6. The fraction of sp³-hybridized carbons (Fsp3) is 0.400. The number of fused-ring (bicyclic) bond motifs is 1. The lowest BCUT2D eigenvalue weighted by Crippen LogP contribution is -2.49. The number of ether oxygens (including phenoxy) is 1. The summed E-state index contributed by atoms with van der Waals surface area (Å²) in [6.45, 7) is 3.29. The number of nitrogens with zero attached hydrogens (tertiary/aromatic N) is 3. The van der Waals surface area contributed by atoms with Crippen molar-refractivity contribution in [2.75, 3.05) is 11.5 Å². The third-order valence-electron chi connectivity index (χ3n) is 3.56. The van der Waals surface area contributed by atoms with Gasteiger partial charge in [-0.05, 0) is 12.5 Å². The Bertz CT molecular complexity index is 690.